The first kappa shape index (κ1) is 13.3. The Kier molecular flexibility index (Phi) is 4.16. The number of aliphatic hydroxyl groups excluding tert-OH is 1. The Labute approximate surface area is 116 Å². The first-order valence-corrected chi connectivity index (χ1v) is 6.15. The third-order valence-electron chi connectivity index (χ3n) is 2.19. The lowest BCUT2D eigenvalue weighted by molar-refractivity contribution is 0.281. The molecular formula is C12H8BrClFNO2. The third-order valence-corrected chi connectivity index (χ3v) is 3.02. The van der Waals surface area contributed by atoms with Gasteiger partial charge in [0.05, 0.1) is 11.6 Å². The van der Waals surface area contributed by atoms with Gasteiger partial charge in [0.25, 0.3) is 0 Å². The quantitative estimate of drug-likeness (QED) is 0.926. The molecule has 0 saturated heterocycles. The summed E-state index contributed by atoms with van der Waals surface area (Å²) < 4.78 is 19.4. The van der Waals surface area contributed by atoms with Crippen LogP contribution in [0.25, 0.3) is 0 Å². The van der Waals surface area contributed by atoms with Gasteiger partial charge in [-0.2, -0.15) is 0 Å². The predicted molar refractivity (Wildman–Crippen MR) is 69.3 cm³/mol. The molecule has 0 amide bonds. The molecule has 0 bridgehead atoms. The van der Waals surface area contributed by atoms with Crippen LogP contribution in [0.3, 0.4) is 0 Å². The van der Waals surface area contributed by atoms with Gasteiger partial charge in [-0.1, -0.05) is 27.5 Å². The molecule has 0 saturated carbocycles. The topological polar surface area (TPSA) is 42.4 Å². The first-order valence-electron chi connectivity index (χ1n) is 4.98. The Bertz CT molecular complexity index is 580. The molecule has 18 heavy (non-hydrogen) atoms. The van der Waals surface area contributed by atoms with Crippen molar-refractivity contribution in [1.29, 1.82) is 0 Å². The Morgan fingerprint density at radius 3 is 2.83 bits per heavy atom. The molecule has 0 radical (unpaired) electrons. The van der Waals surface area contributed by atoms with Crippen LogP contribution in [0.4, 0.5) is 4.39 Å². The maximum absolute atomic E-state index is 13.5. The summed E-state index contributed by atoms with van der Waals surface area (Å²) in [7, 11) is 0. The molecule has 1 aromatic carbocycles. The van der Waals surface area contributed by atoms with Gasteiger partial charge < -0.3 is 9.84 Å². The van der Waals surface area contributed by atoms with E-state index in [1.807, 2.05) is 0 Å². The van der Waals surface area contributed by atoms with Crippen molar-refractivity contribution >= 4 is 27.5 Å². The summed E-state index contributed by atoms with van der Waals surface area (Å²) in [6.07, 6.45) is 1.35. The van der Waals surface area contributed by atoms with E-state index in [1.165, 1.54) is 24.4 Å². The largest absolute Gasteiger partial charge is 0.436 e. The molecule has 2 aromatic rings. The van der Waals surface area contributed by atoms with Crippen LogP contribution in [0.2, 0.25) is 5.02 Å². The maximum atomic E-state index is 13.5. The highest BCUT2D eigenvalue weighted by molar-refractivity contribution is 9.10. The van der Waals surface area contributed by atoms with Crippen LogP contribution >= 0.6 is 27.5 Å². The molecule has 6 heteroatoms. The van der Waals surface area contributed by atoms with Crippen molar-refractivity contribution in [3.8, 4) is 11.6 Å². The molecule has 3 nitrogen and oxygen atoms in total. The molecule has 0 atom stereocenters. The van der Waals surface area contributed by atoms with Gasteiger partial charge in [-0.15, -0.1) is 0 Å². The second-order valence-corrected chi connectivity index (χ2v) is 4.77. The smallest absolute Gasteiger partial charge is 0.219 e. The zero-order valence-electron chi connectivity index (χ0n) is 9.03. The van der Waals surface area contributed by atoms with Crippen LogP contribution in [-0.2, 0) is 6.61 Å². The lowest BCUT2D eigenvalue weighted by Gasteiger charge is -2.07. The summed E-state index contributed by atoms with van der Waals surface area (Å²) in [5, 5.41) is 9.39. The van der Waals surface area contributed by atoms with Crippen LogP contribution < -0.4 is 4.74 Å². The molecule has 1 heterocycles. The molecule has 0 aliphatic heterocycles. The standard InChI is InChI=1S/C12H8BrClFNO2/c13-8-1-2-11(10(15)4-8)18-12-3-7(6-17)9(14)5-16-12/h1-5,17H,6H2. The Morgan fingerprint density at radius 2 is 2.17 bits per heavy atom. The minimum Gasteiger partial charge on any atom is -0.436 e. The molecule has 0 unspecified atom stereocenters. The molecule has 94 valence electrons. The van der Waals surface area contributed by atoms with Gasteiger partial charge in [-0.05, 0) is 18.2 Å². The number of rotatable bonds is 3. The number of halogens is 3. The average Bonchev–Trinajstić information content (AvgIpc) is 2.35. The number of aromatic nitrogens is 1. The number of nitrogens with zero attached hydrogens (tertiary/aromatic N) is 1. The highest BCUT2D eigenvalue weighted by Gasteiger charge is 2.08. The van der Waals surface area contributed by atoms with Crippen LogP contribution in [0.15, 0.2) is 34.9 Å². The van der Waals surface area contributed by atoms with Gasteiger partial charge in [-0.25, -0.2) is 9.37 Å². The second-order valence-electron chi connectivity index (χ2n) is 3.45. The average molecular weight is 333 g/mol. The lowest BCUT2D eigenvalue weighted by Crippen LogP contribution is -1.93. The molecule has 0 aliphatic carbocycles. The van der Waals surface area contributed by atoms with Crippen molar-refractivity contribution in [2.45, 2.75) is 6.61 Å². The zero-order chi connectivity index (χ0) is 13.1. The van der Waals surface area contributed by atoms with Gasteiger partial charge in [0.1, 0.15) is 0 Å². The summed E-state index contributed by atoms with van der Waals surface area (Å²) in [4.78, 5) is 3.90. The minimum absolute atomic E-state index is 0.0527. The van der Waals surface area contributed by atoms with Gasteiger partial charge in [0.15, 0.2) is 11.6 Å². The monoisotopic (exact) mass is 331 g/mol. The summed E-state index contributed by atoms with van der Waals surface area (Å²) in [6, 6.07) is 5.89. The van der Waals surface area contributed by atoms with E-state index in [-0.39, 0.29) is 18.2 Å². The number of pyridine rings is 1. The number of aliphatic hydroxyl groups is 1. The summed E-state index contributed by atoms with van der Waals surface area (Å²) in [5.41, 5.74) is 0.471. The van der Waals surface area contributed by atoms with E-state index in [0.29, 0.717) is 15.1 Å². The third kappa shape index (κ3) is 2.98. The van der Waals surface area contributed by atoms with Gasteiger partial charge in [0, 0.05) is 22.3 Å². The number of benzene rings is 1. The zero-order valence-corrected chi connectivity index (χ0v) is 11.4. The number of hydrogen-bond acceptors (Lipinski definition) is 3. The van der Waals surface area contributed by atoms with Crippen LogP contribution in [0, 0.1) is 5.82 Å². The number of ether oxygens (including phenoxy) is 1. The normalized spacial score (nSPS) is 10.4. The first-order chi connectivity index (χ1) is 8.60. The number of hydrogen-bond donors (Lipinski definition) is 1. The van der Waals surface area contributed by atoms with Gasteiger partial charge >= 0.3 is 0 Å². The highest BCUT2D eigenvalue weighted by Crippen LogP contribution is 2.27. The van der Waals surface area contributed by atoms with Crippen molar-refractivity contribution in [3.63, 3.8) is 0 Å². The predicted octanol–water partition coefficient (Wildman–Crippen LogP) is 3.92. The van der Waals surface area contributed by atoms with E-state index in [2.05, 4.69) is 20.9 Å². The van der Waals surface area contributed by atoms with Crippen molar-refractivity contribution in [1.82, 2.24) is 4.98 Å². The minimum atomic E-state index is -0.508. The van der Waals surface area contributed by atoms with Crippen molar-refractivity contribution in [2.75, 3.05) is 0 Å². The van der Waals surface area contributed by atoms with E-state index in [0.717, 1.165) is 0 Å². The maximum Gasteiger partial charge on any atom is 0.219 e. The van der Waals surface area contributed by atoms with E-state index in [1.54, 1.807) is 6.07 Å². The van der Waals surface area contributed by atoms with E-state index >= 15 is 0 Å². The lowest BCUT2D eigenvalue weighted by atomic mass is 10.3. The Hall–Kier alpha value is -1.17. The van der Waals surface area contributed by atoms with Crippen LogP contribution in [-0.4, -0.2) is 10.1 Å². The Morgan fingerprint density at radius 1 is 1.39 bits per heavy atom. The van der Waals surface area contributed by atoms with Crippen molar-refractivity contribution in [2.24, 2.45) is 0 Å². The van der Waals surface area contributed by atoms with Gasteiger partial charge in [-0.3, -0.25) is 0 Å². The van der Waals surface area contributed by atoms with E-state index in [9.17, 15) is 4.39 Å². The van der Waals surface area contributed by atoms with Crippen molar-refractivity contribution in [3.05, 3.63) is 51.3 Å². The fourth-order valence-corrected chi connectivity index (χ4v) is 1.80. The van der Waals surface area contributed by atoms with Crippen molar-refractivity contribution < 1.29 is 14.2 Å². The van der Waals surface area contributed by atoms with E-state index < -0.39 is 5.82 Å². The summed E-state index contributed by atoms with van der Waals surface area (Å²) in [6.45, 7) is -0.236. The summed E-state index contributed by atoms with van der Waals surface area (Å²) >= 11 is 8.95. The molecule has 0 spiro atoms. The van der Waals surface area contributed by atoms with Crippen LogP contribution in [0.5, 0.6) is 11.6 Å². The molecule has 0 fully saturated rings. The molecule has 1 N–H and O–H groups in total. The van der Waals surface area contributed by atoms with Gasteiger partial charge in [0.2, 0.25) is 5.88 Å². The summed E-state index contributed by atoms with van der Waals surface area (Å²) in [5.74, 6) is -0.284. The molecular weight excluding hydrogens is 324 g/mol. The molecule has 1 aromatic heterocycles. The molecule has 2 rings (SSSR count). The highest BCUT2D eigenvalue weighted by atomic mass is 79.9. The molecule has 0 aliphatic rings. The SMILES string of the molecule is OCc1cc(Oc2ccc(Br)cc2F)ncc1Cl. The fraction of sp³-hybridized carbons (Fsp3) is 0.0833. The Balaban J connectivity index is 2.28. The van der Waals surface area contributed by atoms with E-state index in [4.69, 9.17) is 21.4 Å². The second kappa shape index (κ2) is 5.65. The van der Waals surface area contributed by atoms with Crippen LogP contribution in [0.1, 0.15) is 5.56 Å². The fourth-order valence-electron chi connectivity index (χ4n) is 1.31.